The summed E-state index contributed by atoms with van der Waals surface area (Å²) in [7, 11) is -3.08. The van der Waals surface area contributed by atoms with Crippen LogP contribution in [0.1, 0.15) is 23.3 Å². The Morgan fingerprint density at radius 3 is 2.93 bits per heavy atom. The number of carbonyl (C=O) groups excluding carboxylic acids is 1. The number of fused-ring (bicyclic) bond motifs is 1. The lowest BCUT2D eigenvalue weighted by Crippen LogP contribution is -2.36. The number of carbonyl (C=O) groups is 1. The Balaban J connectivity index is 1.45. The summed E-state index contributed by atoms with van der Waals surface area (Å²) in [5.41, 5.74) is 2.55. The van der Waals surface area contributed by atoms with Gasteiger partial charge in [0.15, 0.2) is 9.84 Å². The van der Waals surface area contributed by atoms with E-state index in [1.165, 1.54) is 0 Å². The van der Waals surface area contributed by atoms with Crippen molar-refractivity contribution >= 4 is 50.6 Å². The Kier molecular flexibility index (Phi) is 5.13. The van der Waals surface area contributed by atoms with Crippen molar-refractivity contribution in [2.45, 2.75) is 25.4 Å². The predicted molar refractivity (Wildman–Crippen MR) is 113 cm³/mol. The van der Waals surface area contributed by atoms with Crippen molar-refractivity contribution in [1.29, 1.82) is 0 Å². The Morgan fingerprint density at radius 2 is 2.17 bits per heavy atom. The number of sulfone groups is 1. The molecule has 1 aromatic heterocycles. The quantitative estimate of drug-likeness (QED) is 0.742. The smallest absolute Gasteiger partial charge is 0.310 e. The number of hydrogen-bond acceptors (Lipinski definition) is 7. The molecule has 3 heterocycles. The van der Waals surface area contributed by atoms with Gasteiger partial charge in [0.05, 0.1) is 22.1 Å². The fourth-order valence-corrected chi connectivity index (χ4v) is 5.96. The number of benzene rings is 1. The number of aliphatic imine (C=N–C) groups is 1. The molecule has 0 bridgehead atoms. The topological polar surface area (TPSA) is 118 Å². The lowest BCUT2D eigenvalue weighted by Gasteiger charge is -2.11. The summed E-state index contributed by atoms with van der Waals surface area (Å²) in [4.78, 5) is 28.7. The van der Waals surface area contributed by atoms with Gasteiger partial charge in [-0.1, -0.05) is 29.5 Å². The van der Waals surface area contributed by atoms with E-state index in [-0.39, 0.29) is 47.2 Å². The second-order valence-electron chi connectivity index (χ2n) is 7.00. The van der Waals surface area contributed by atoms with Crippen LogP contribution in [0.25, 0.3) is 11.6 Å². The summed E-state index contributed by atoms with van der Waals surface area (Å²) in [6.45, 7) is 0.0142. The van der Waals surface area contributed by atoms with Crippen molar-refractivity contribution in [2.75, 3.05) is 11.5 Å². The first-order chi connectivity index (χ1) is 13.8. The minimum absolute atomic E-state index is 0.0142. The van der Waals surface area contributed by atoms with Gasteiger partial charge in [-0.3, -0.25) is 19.1 Å². The van der Waals surface area contributed by atoms with Crippen molar-refractivity contribution in [2.24, 2.45) is 4.99 Å². The number of aromatic hydroxyl groups is 1. The first-order valence-electron chi connectivity index (χ1n) is 9.10. The van der Waals surface area contributed by atoms with Crippen molar-refractivity contribution in [1.82, 2.24) is 9.88 Å². The first kappa shape index (κ1) is 19.6. The van der Waals surface area contributed by atoms with E-state index >= 15 is 0 Å². The van der Waals surface area contributed by atoms with Crippen LogP contribution in [0.2, 0.25) is 0 Å². The molecule has 2 N–H and O–H groups in total. The molecular formula is C19H19N3O5S2. The van der Waals surface area contributed by atoms with Crippen LogP contribution in [0.15, 0.2) is 34.1 Å². The number of nitrogens with one attached hydrogen (secondary N) is 1. The Bertz CT molecular complexity index is 1190. The summed E-state index contributed by atoms with van der Waals surface area (Å²) >= 11 is 0.895. The van der Waals surface area contributed by atoms with E-state index in [1.807, 2.05) is 24.3 Å². The normalized spacial score (nSPS) is 20.8. The molecule has 10 heteroatoms. The van der Waals surface area contributed by atoms with E-state index < -0.39 is 9.84 Å². The fraction of sp³-hybridized carbons (Fsp3) is 0.316. The zero-order valence-corrected chi connectivity index (χ0v) is 17.0. The van der Waals surface area contributed by atoms with E-state index in [4.69, 9.17) is 0 Å². The van der Waals surface area contributed by atoms with Crippen molar-refractivity contribution in [3.05, 3.63) is 44.4 Å². The molecule has 1 amide bonds. The van der Waals surface area contributed by atoms with Crippen LogP contribution in [0, 0.1) is 0 Å². The van der Waals surface area contributed by atoms with Crippen LogP contribution >= 0.6 is 11.3 Å². The third-order valence-electron chi connectivity index (χ3n) is 4.90. The van der Waals surface area contributed by atoms with Crippen molar-refractivity contribution in [3.63, 3.8) is 0 Å². The molecule has 0 radical (unpaired) electrons. The van der Waals surface area contributed by atoms with Gasteiger partial charge in [-0.25, -0.2) is 8.42 Å². The second-order valence-corrected chi connectivity index (χ2v) is 10.2. The summed E-state index contributed by atoms with van der Waals surface area (Å²) in [5, 5.41) is 13.1. The molecule has 1 aromatic carbocycles. The van der Waals surface area contributed by atoms with Gasteiger partial charge < -0.3 is 10.4 Å². The molecule has 4 rings (SSSR count). The van der Waals surface area contributed by atoms with Gasteiger partial charge in [-0.05, 0) is 18.6 Å². The van der Waals surface area contributed by atoms with Crippen LogP contribution in [-0.2, 0) is 21.2 Å². The number of hydrogen-bond donors (Lipinski definition) is 2. The third kappa shape index (κ3) is 4.18. The Hall–Kier alpha value is -2.72. The maximum atomic E-state index is 12.3. The number of allylic oxidation sites excluding steroid dienone is 1. The number of aromatic nitrogens is 1. The monoisotopic (exact) mass is 433 g/mol. The summed E-state index contributed by atoms with van der Waals surface area (Å²) in [6, 6.07) is 7.19. The summed E-state index contributed by atoms with van der Waals surface area (Å²) in [6.07, 6.45) is 3.76. The molecule has 0 aliphatic carbocycles. The highest BCUT2D eigenvalue weighted by Gasteiger charge is 2.28. The molecule has 1 atom stereocenters. The molecule has 0 spiro atoms. The molecule has 1 fully saturated rings. The minimum atomic E-state index is -3.08. The fourth-order valence-electron chi connectivity index (χ4n) is 3.42. The Labute approximate surface area is 171 Å². The van der Waals surface area contributed by atoms with Gasteiger partial charge in [-0.2, -0.15) is 0 Å². The maximum Gasteiger partial charge on any atom is 0.310 e. The highest BCUT2D eigenvalue weighted by atomic mass is 32.2. The van der Waals surface area contributed by atoms with Gasteiger partial charge >= 0.3 is 4.87 Å². The second kappa shape index (κ2) is 7.60. The number of amides is 1. The van der Waals surface area contributed by atoms with Gasteiger partial charge in [0.1, 0.15) is 0 Å². The largest absolute Gasteiger partial charge is 0.493 e. The number of nitrogens with zero attached hydrogens (tertiary/aromatic N) is 2. The predicted octanol–water partition coefficient (Wildman–Crippen LogP) is 1.57. The van der Waals surface area contributed by atoms with Gasteiger partial charge in [0.2, 0.25) is 11.8 Å². The summed E-state index contributed by atoms with van der Waals surface area (Å²) in [5.74, 6) is -0.515. The average molecular weight is 434 g/mol. The zero-order chi connectivity index (χ0) is 20.6. The molecule has 2 aliphatic rings. The van der Waals surface area contributed by atoms with E-state index in [0.717, 1.165) is 32.7 Å². The number of para-hydroxylation sites is 1. The third-order valence-corrected chi connectivity index (χ3v) is 7.58. The van der Waals surface area contributed by atoms with Crippen molar-refractivity contribution in [3.8, 4) is 5.88 Å². The molecule has 1 saturated heterocycles. The average Bonchev–Trinajstić information content (AvgIpc) is 3.31. The van der Waals surface area contributed by atoms with E-state index in [0.29, 0.717) is 11.3 Å². The molecule has 1 unspecified atom stereocenters. The maximum absolute atomic E-state index is 12.3. The van der Waals surface area contributed by atoms with E-state index in [2.05, 4.69) is 10.3 Å². The zero-order valence-electron chi connectivity index (χ0n) is 15.4. The SMILES string of the molecule is O=C(CCn1c(O)c(/C=C2\C=Nc3ccccc32)sc1=O)NC1CCS(=O)(=O)C1. The van der Waals surface area contributed by atoms with Gasteiger partial charge in [0.25, 0.3) is 0 Å². The molecule has 29 heavy (non-hydrogen) atoms. The lowest BCUT2D eigenvalue weighted by molar-refractivity contribution is -0.121. The minimum Gasteiger partial charge on any atom is -0.493 e. The standard InChI is InChI=1S/C19H19N3O5S2/c23-17(21-13-6-8-29(26,27)11-13)5-7-22-18(24)16(28-19(22)25)9-12-10-20-15-4-2-1-3-14(12)15/h1-4,9-10,13,24H,5-8,11H2,(H,21,23)/b12-9+. The van der Waals surface area contributed by atoms with Crippen LogP contribution in [0.4, 0.5) is 5.69 Å². The van der Waals surface area contributed by atoms with E-state index in [1.54, 1.807) is 12.3 Å². The number of thiazole rings is 1. The molecular weight excluding hydrogens is 414 g/mol. The lowest BCUT2D eigenvalue weighted by atomic mass is 10.1. The van der Waals surface area contributed by atoms with Crippen LogP contribution < -0.4 is 10.2 Å². The van der Waals surface area contributed by atoms with Crippen LogP contribution in [0.5, 0.6) is 5.88 Å². The molecule has 152 valence electrons. The first-order valence-corrected chi connectivity index (χ1v) is 11.7. The van der Waals surface area contributed by atoms with Gasteiger partial charge in [-0.15, -0.1) is 0 Å². The highest BCUT2D eigenvalue weighted by molar-refractivity contribution is 7.91. The van der Waals surface area contributed by atoms with Gasteiger partial charge in [0, 0.05) is 36.4 Å². The number of rotatable bonds is 5. The van der Waals surface area contributed by atoms with Crippen molar-refractivity contribution < 1.29 is 18.3 Å². The molecule has 2 aliphatic heterocycles. The molecule has 0 saturated carbocycles. The Morgan fingerprint density at radius 1 is 1.38 bits per heavy atom. The molecule has 2 aromatic rings. The van der Waals surface area contributed by atoms with Crippen LogP contribution in [0.3, 0.4) is 0 Å². The van der Waals surface area contributed by atoms with Crippen LogP contribution in [-0.4, -0.2) is 47.8 Å². The molecule has 8 nitrogen and oxygen atoms in total. The highest BCUT2D eigenvalue weighted by Crippen LogP contribution is 2.34. The van der Waals surface area contributed by atoms with E-state index in [9.17, 15) is 23.1 Å². The summed E-state index contributed by atoms with van der Waals surface area (Å²) < 4.78 is 24.1.